The molecule has 0 spiro atoms. The first-order valence-corrected chi connectivity index (χ1v) is 2.95. The molecule has 0 saturated carbocycles. The fourth-order valence-corrected chi connectivity index (χ4v) is 0.515. The van der Waals surface area contributed by atoms with Crippen LogP contribution in [0.3, 0.4) is 0 Å². The maximum absolute atomic E-state index is 11.6. The number of hydrogen-bond acceptors (Lipinski definition) is 3. The summed E-state index contributed by atoms with van der Waals surface area (Å²) in [5, 5.41) is 0. The van der Waals surface area contributed by atoms with Gasteiger partial charge in [0.05, 0.1) is 9.30 Å². The van der Waals surface area contributed by atoms with Crippen LogP contribution >= 0.6 is 0 Å². The van der Waals surface area contributed by atoms with Crippen LogP contribution in [-0.4, -0.2) is 22.2 Å². The number of ether oxygens (including phenoxy) is 1. The van der Waals surface area contributed by atoms with Crippen molar-refractivity contribution in [2.45, 2.75) is 13.7 Å². The number of hydrogen-bond donors (Lipinski definition) is 0. The van der Waals surface area contributed by atoms with Crippen molar-refractivity contribution in [3.8, 4) is 0 Å². The first kappa shape index (κ1) is 2.58. The van der Waals surface area contributed by atoms with Crippen molar-refractivity contribution in [1.82, 2.24) is 9.55 Å². The zero-order valence-electron chi connectivity index (χ0n) is 14.9. The Morgan fingerprint density at radius 1 is 2.00 bits per heavy atom. The van der Waals surface area contributed by atoms with Crippen LogP contribution in [0, 0.1) is 5.89 Å². The number of carbonyl (C=O) groups excluding carboxylic acids is 1. The molecule has 1 aromatic rings. The number of rotatable bonds is 2. The van der Waals surface area contributed by atoms with E-state index in [1.807, 2.05) is 0 Å². The lowest BCUT2D eigenvalue weighted by atomic mass is 10.2. The minimum atomic E-state index is -3.65. The molecule has 0 unspecified atom stereocenters. The van der Waals surface area contributed by atoms with Crippen molar-refractivity contribution < 1.29 is 21.9 Å². The molecule has 12 heavy (non-hydrogen) atoms. The van der Waals surface area contributed by atoms with Gasteiger partial charge in [-0.3, -0.25) is 0 Å². The fourth-order valence-electron chi connectivity index (χ4n) is 0.515. The Kier molecular flexibility index (Phi) is 0.839. The Labute approximate surface area is 83.8 Å². The highest BCUT2D eigenvalue weighted by Gasteiger charge is 2.04. The molecule has 66 valence electrons. The van der Waals surface area contributed by atoms with Gasteiger partial charge >= 0.3 is 6.09 Å². The van der Waals surface area contributed by atoms with E-state index in [0.29, 0.717) is 4.57 Å². The molecular formula is C8H12N2O2. The quantitative estimate of drug-likeness (QED) is 0.688. The second kappa shape index (κ2) is 3.90. The highest BCUT2D eigenvalue weighted by Crippen LogP contribution is 1.95. The van der Waals surface area contributed by atoms with E-state index in [1.165, 1.54) is 6.20 Å². The van der Waals surface area contributed by atoms with E-state index in [-0.39, 0.29) is 0 Å². The molecule has 0 aliphatic heterocycles. The van der Waals surface area contributed by atoms with E-state index in [0.717, 1.165) is 12.5 Å². The zero-order valence-corrected chi connectivity index (χ0v) is 5.94. The fraction of sp³-hybridized carbons (Fsp3) is 0.500. The van der Waals surface area contributed by atoms with E-state index >= 15 is 0 Å². The van der Waals surface area contributed by atoms with Gasteiger partial charge in [-0.05, 0) is 5.89 Å². The molecule has 0 aromatic carbocycles. The molecule has 0 atom stereocenters. The van der Waals surface area contributed by atoms with Crippen molar-refractivity contribution in [1.29, 1.82) is 0 Å². The average molecular weight is 177 g/mol. The molecule has 4 nitrogen and oxygen atoms in total. The average Bonchev–Trinajstić information content (AvgIpc) is 2.77. The molecular weight excluding hydrogens is 156 g/mol. The lowest BCUT2D eigenvalue weighted by Gasteiger charge is -2.06. The summed E-state index contributed by atoms with van der Waals surface area (Å²) in [4.78, 5) is 15.1. The smallest absolute Gasteiger partial charge is 0.419 e. The van der Waals surface area contributed by atoms with Gasteiger partial charge in [0.25, 0.3) is 0 Å². The molecule has 1 aromatic heterocycles. The van der Waals surface area contributed by atoms with E-state index in [1.54, 1.807) is 0 Å². The number of carbonyl (C=O) groups is 1. The van der Waals surface area contributed by atoms with E-state index in [2.05, 4.69) is 9.72 Å². The van der Waals surface area contributed by atoms with Crippen molar-refractivity contribution in [3.05, 3.63) is 18.7 Å². The lowest BCUT2D eigenvalue weighted by molar-refractivity contribution is 0.134. The molecule has 0 aliphatic carbocycles. The first-order valence-electron chi connectivity index (χ1n) is 7.45. The zero-order chi connectivity index (χ0) is 16.7. The Bertz CT molecular complexity index is 491. The van der Waals surface area contributed by atoms with Crippen LogP contribution in [0.4, 0.5) is 4.79 Å². The van der Waals surface area contributed by atoms with Gasteiger partial charge in [0.2, 0.25) is 0 Å². The van der Waals surface area contributed by atoms with Crippen molar-refractivity contribution in [3.63, 3.8) is 0 Å². The van der Waals surface area contributed by atoms with Gasteiger partial charge < -0.3 is 4.74 Å². The molecule has 0 bridgehead atoms. The molecule has 0 N–H and O–H groups in total. The third kappa shape index (κ3) is 2.38. The van der Waals surface area contributed by atoms with E-state index in [4.69, 9.17) is 12.3 Å². The number of aromatic nitrogens is 2. The Balaban J connectivity index is 3.21. The molecule has 1 rings (SSSR count). The maximum atomic E-state index is 11.6. The Morgan fingerprint density at radius 2 is 2.83 bits per heavy atom. The summed E-state index contributed by atoms with van der Waals surface area (Å²) in [6.07, 6.45) is 1.84. The van der Waals surface area contributed by atoms with Crippen LogP contribution in [-0.2, 0) is 4.74 Å². The molecule has 0 aliphatic rings. The predicted molar refractivity (Wildman–Crippen MR) is 43.8 cm³/mol. The number of imidazole rings is 1. The highest BCUT2D eigenvalue weighted by molar-refractivity contribution is 5.69. The molecule has 0 amide bonds. The topological polar surface area (TPSA) is 44.1 Å². The molecule has 0 saturated heterocycles. The highest BCUT2D eigenvalue weighted by atomic mass is 16.5. The van der Waals surface area contributed by atoms with Crippen LogP contribution in [0.1, 0.15) is 26.0 Å². The SMILES string of the molecule is [2H]C([2H])([2H])C([2H])(C([2H])([2H])[2H])C([2H])([2H])OC(=O)n1ccnc1. The molecule has 0 fully saturated rings. The summed E-state index contributed by atoms with van der Waals surface area (Å²) in [5.74, 6) is -3.65. The predicted octanol–water partition coefficient (Wildman–Crippen LogP) is 1.52. The normalized spacial score (nSPS) is 25.5. The lowest BCUT2D eigenvalue weighted by Crippen LogP contribution is -2.14. The van der Waals surface area contributed by atoms with Crippen LogP contribution in [0.15, 0.2) is 18.7 Å². The van der Waals surface area contributed by atoms with Gasteiger partial charge in [-0.2, -0.15) is 0 Å². The third-order valence-electron chi connectivity index (χ3n) is 0.956. The largest absolute Gasteiger partial charge is 0.449 e. The van der Waals surface area contributed by atoms with Crippen LogP contribution in [0.25, 0.3) is 0 Å². The molecule has 4 heteroatoms. The summed E-state index contributed by atoms with van der Waals surface area (Å²) in [7, 11) is 0. The summed E-state index contributed by atoms with van der Waals surface area (Å²) >= 11 is 0. The first-order chi connectivity index (χ1) is 9.24. The molecule has 1 heterocycles. The maximum Gasteiger partial charge on any atom is 0.419 e. The summed E-state index contributed by atoms with van der Waals surface area (Å²) in [6.45, 7) is -10.7. The van der Waals surface area contributed by atoms with Gasteiger partial charge in [-0.25, -0.2) is 14.3 Å². The van der Waals surface area contributed by atoms with Gasteiger partial charge in [-0.1, -0.05) is 13.7 Å². The van der Waals surface area contributed by atoms with Gasteiger partial charge in [0.15, 0.2) is 0 Å². The summed E-state index contributed by atoms with van der Waals surface area (Å²) in [6, 6.07) is 0. The monoisotopic (exact) mass is 177 g/mol. The number of nitrogens with zero attached hydrogens (tertiary/aromatic N) is 2. The standard InChI is InChI=1S/C8H12N2O2/c1-7(2)5-12-8(11)10-4-3-9-6-10/h3-4,6-7H,5H2,1-2H3/i1D3,2D3,5D2,7D. The summed E-state index contributed by atoms with van der Waals surface area (Å²) in [5.41, 5.74) is 0. The second-order valence-electron chi connectivity index (χ2n) is 1.81. The van der Waals surface area contributed by atoms with Crippen molar-refractivity contribution in [2.24, 2.45) is 5.89 Å². The van der Waals surface area contributed by atoms with Crippen LogP contribution in [0.5, 0.6) is 0 Å². The minimum absolute atomic E-state index is 0.678. The third-order valence-corrected chi connectivity index (χ3v) is 0.956. The van der Waals surface area contributed by atoms with Crippen molar-refractivity contribution in [2.75, 3.05) is 6.56 Å². The van der Waals surface area contributed by atoms with E-state index in [9.17, 15) is 4.79 Å². The Morgan fingerprint density at radius 3 is 3.42 bits per heavy atom. The Hall–Kier alpha value is -1.32. The van der Waals surface area contributed by atoms with E-state index < -0.39 is 32.2 Å². The van der Waals surface area contributed by atoms with Gasteiger partial charge in [0, 0.05) is 22.0 Å². The minimum Gasteiger partial charge on any atom is -0.449 e. The van der Waals surface area contributed by atoms with Gasteiger partial charge in [0.1, 0.15) is 6.33 Å². The van der Waals surface area contributed by atoms with Crippen LogP contribution in [0.2, 0.25) is 0 Å². The van der Waals surface area contributed by atoms with Gasteiger partial charge in [-0.15, -0.1) is 0 Å². The molecule has 0 radical (unpaired) electrons. The van der Waals surface area contributed by atoms with Crippen LogP contribution < -0.4 is 0 Å². The van der Waals surface area contributed by atoms with Crippen molar-refractivity contribution >= 4 is 6.09 Å². The second-order valence-corrected chi connectivity index (χ2v) is 1.81. The summed E-state index contributed by atoms with van der Waals surface area (Å²) < 4.78 is 70.6.